The number of rotatable bonds is 5. The topological polar surface area (TPSA) is 31.4 Å². The number of nitrogens with zero attached hydrogens (tertiary/aromatic N) is 1. The van der Waals surface area contributed by atoms with Crippen molar-refractivity contribution < 1.29 is 18.3 Å². The first-order valence-electron chi connectivity index (χ1n) is 7.34. The summed E-state index contributed by atoms with van der Waals surface area (Å²) in [6.45, 7) is 2.45. The fourth-order valence-corrected chi connectivity index (χ4v) is 3.10. The first kappa shape index (κ1) is 16.4. The molecule has 0 fully saturated rings. The molecule has 3 rings (SSSR count). The van der Waals surface area contributed by atoms with Crippen molar-refractivity contribution in [1.29, 1.82) is 0 Å². The van der Waals surface area contributed by atoms with Crippen LogP contribution in [0.4, 0.5) is 8.78 Å². The van der Waals surface area contributed by atoms with Gasteiger partial charge in [-0.05, 0) is 43.3 Å². The van der Waals surface area contributed by atoms with Crippen LogP contribution >= 0.6 is 11.3 Å². The molecule has 0 aliphatic heterocycles. The summed E-state index contributed by atoms with van der Waals surface area (Å²) in [6.07, 6.45) is 0. The Morgan fingerprint density at radius 1 is 1.00 bits per heavy atom. The first-order chi connectivity index (χ1) is 11.6. The van der Waals surface area contributed by atoms with E-state index in [1.807, 2.05) is 30.5 Å². The maximum absolute atomic E-state index is 13.4. The monoisotopic (exact) mass is 347 g/mol. The van der Waals surface area contributed by atoms with E-state index in [-0.39, 0.29) is 0 Å². The molecule has 124 valence electrons. The quantitative estimate of drug-likeness (QED) is 0.639. The van der Waals surface area contributed by atoms with Gasteiger partial charge in [0.2, 0.25) is 0 Å². The van der Waals surface area contributed by atoms with Gasteiger partial charge in [-0.1, -0.05) is 0 Å². The number of hydrogen-bond donors (Lipinski definition) is 0. The second kappa shape index (κ2) is 6.97. The third kappa shape index (κ3) is 3.23. The smallest absolute Gasteiger partial charge is 0.161 e. The Kier molecular flexibility index (Phi) is 4.76. The molecule has 0 bridgehead atoms. The maximum atomic E-state index is 13.4. The van der Waals surface area contributed by atoms with E-state index < -0.39 is 11.6 Å². The largest absolute Gasteiger partial charge is 0.493 e. The van der Waals surface area contributed by atoms with Gasteiger partial charge in [0.1, 0.15) is 5.01 Å². The van der Waals surface area contributed by atoms with Crippen LogP contribution in [0.2, 0.25) is 0 Å². The van der Waals surface area contributed by atoms with E-state index in [0.29, 0.717) is 29.4 Å². The van der Waals surface area contributed by atoms with Gasteiger partial charge < -0.3 is 9.47 Å². The highest BCUT2D eigenvalue weighted by atomic mass is 32.1. The fraction of sp³-hybridized carbons (Fsp3) is 0.167. The van der Waals surface area contributed by atoms with Crippen LogP contribution in [0.1, 0.15) is 6.92 Å². The molecule has 24 heavy (non-hydrogen) atoms. The summed E-state index contributed by atoms with van der Waals surface area (Å²) in [6, 6.07) is 9.32. The predicted molar refractivity (Wildman–Crippen MR) is 90.6 cm³/mol. The van der Waals surface area contributed by atoms with Crippen LogP contribution in [-0.4, -0.2) is 18.7 Å². The summed E-state index contributed by atoms with van der Waals surface area (Å²) in [5, 5.41) is 2.57. The van der Waals surface area contributed by atoms with Crippen molar-refractivity contribution in [2.24, 2.45) is 0 Å². The molecule has 6 heteroatoms. The maximum Gasteiger partial charge on any atom is 0.161 e. The van der Waals surface area contributed by atoms with Crippen molar-refractivity contribution in [3.05, 3.63) is 53.4 Å². The molecule has 0 aliphatic carbocycles. The number of thiazole rings is 1. The third-order valence-electron chi connectivity index (χ3n) is 3.43. The molecular weight excluding hydrogens is 332 g/mol. The zero-order valence-electron chi connectivity index (χ0n) is 13.2. The van der Waals surface area contributed by atoms with Crippen molar-refractivity contribution in [2.75, 3.05) is 13.7 Å². The molecule has 0 N–H and O–H groups in total. The first-order valence-corrected chi connectivity index (χ1v) is 8.22. The highest BCUT2D eigenvalue weighted by Gasteiger charge is 2.12. The highest BCUT2D eigenvalue weighted by molar-refractivity contribution is 7.13. The van der Waals surface area contributed by atoms with Crippen molar-refractivity contribution in [1.82, 2.24) is 4.98 Å². The lowest BCUT2D eigenvalue weighted by molar-refractivity contribution is 0.311. The third-order valence-corrected chi connectivity index (χ3v) is 4.32. The fourth-order valence-electron chi connectivity index (χ4n) is 2.27. The van der Waals surface area contributed by atoms with Gasteiger partial charge in [0.25, 0.3) is 0 Å². The predicted octanol–water partition coefficient (Wildman–Crippen LogP) is 5.16. The van der Waals surface area contributed by atoms with E-state index in [4.69, 9.17) is 9.47 Å². The molecule has 0 unspecified atom stereocenters. The Bertz CT molecular complexity index is 864. The average Bonchev–Trinajstić information content (AvgIpc) is 3.08. The molecule has 1 heterocycles. The van der Waals surface area contributed by atoms with Gasteiger partial charge in [0.05, 0.1) is 19.4 Å². The van der Waals surface area contributed by atoms with Gasteiger partial charge in [0, 0.05) is 16.5 Å². The average molecular weight is 347 g/mol. The number of benzene rings is 2. The van der Waals surface area contributed by atoms with Crippen molar-refractivity contribution in [2.45, 2.75) is 6.92 Å². The van der Waals surface area contributed by atoms with Crippen LogP contribution in [0.3, 0.4) is 0 Å². The molecule has 0 spiro atoms. The standard InChI is InChI=1S/C18H15F2NO2S/c1-3-23-16-7-5-12(9-17(16)22-2)18-21-15(10-24-18)11-4-6-13(19)14(20)8-11/h4-10H,3H2,1-2H3. The Morgan fingerprint density at radius 3 is 2.50 bits per heavy atom. The minimum absolute atomic E-state index is 0.536. The number of halogens is 2. The molecule has 0 radical (unpaired) electrons. The van der Waals surface area contributed by atoms with Crippen LogP contribution in [-0.2, 0) is 0 Å². The van der Waals surface area contributed by atoms with E-state index in [1.54, 1.807) is 7.11 Å². The Morgan fingerprint density at radius 2 is 1.79 bits per heavy atom. The lowest BCUT2D eigenvalue weighted by Crippen LogP contribution is -1.95. The minimum atomic E-state index is -0.884. The van der Waals surface area contributed by atoms with Crippen molar-refractivity contribution in [3.8, 4) is 33.3 Å². The van der Waals surface area contributed by atoms with Gasteiger partial charge in [-0.2, -0.15) is 0 Å². The number of methoxy groups -OCH3 is 1. The molecule has 0 saturated carbocycles. The van der Waals surface area contributed by atoms with Crippen LogP contribution in [0.15, 0.2) is 41.8 Å². The molecule has 0 atom stereocenters. The number of hydrogen-bond acceptors (Lipinski definition) is 4. The van der Waals surface area contributed by atoms with E-state index in [9.17, 15) is 8.78 Å². The second-order valence-electron chi connectivity index (χ2n) is 4.97. The molecule has 0 aliphatic rings. The lowest BCUT2D eigenvalue weighted by Gasteiger charge is -2.09. The van der Waals surface area contributed by atoms with Gasteiger partial charge in [-0.15, -0.1) is 11.3 Å². The van der Waals surface area contributed by atoms with E-state index >= 15 is 0 Å². The molecule has 1 aromatic heterocycles. The van der Waals surface area contributed by atoms with Gasteiger partial charge in [-0.3, -0.25) is 0 Å². The summed E-state index contributed by atoms with van der Waals surface area (Å²) in [7, 11) is 1.58. The summed E-state index contributed by atoms with van der Waals surface area (Å²) in [5.74, 6) is -0.463. The summed E-state index contributed by atoms with van der Waals surface area (Å²) in [4.78, 5) is 4.51. The Balaban J connectivity index is 1.94. The summed E-state index contributed by atoms with van der Waals surface area (Å²) < 4.78 is 37.3. The van der Waals surface area contributed by atoms with Crippen LogP contribution < -0.4 is 9.47 Å². The lowest BCUT2D eigenvalue weighted by atomic mass is 10.1. The van der Waals surface area contributed by atoms with Gasteiger partial charge in [0.15, 0.2) is 23.1 Å². The summed E-state index contributed by atoms with van der Waals surface area (Å²) in [5.41, 5.74) is 2.00. The summed E-state index contributed by atoms with van der Waals surface area (Å²) >= 11 is 1.42. The van der Waals surface area contributed by atoms with E-state index in [0.717, 1.165) is 22.7 Å². The Labute approximate surface area is 142 Å². The SMILES string of the molecule is CCOc1ccc(-c2nc(-c3ccc(F)c(F)c3)cs2)cc1OC. The number of aromatic nitrogens is 1. The van der Waals surface area contributed by atoms with Crippen LogP contribution in [0, 0.1) is 11.6 Å². The molecule has 2 aromatic carbocycles. The van der Waals surface area contributed by atoms with Crippen LogP contribution in [0.5, 0.6) is 11.5 Å². The minimum Gasteiger partial charge on any atom is -0.493 e. The number of ether oxygens (including phenoxy) is 2. The van der Waals surface area contributed by atoms with Crippen molar-refractivity contribution >= 4 is 11.3 Å². The van der Waals surface area contributed by atoms with E-state index in [2.05, 4.69) is 4.98 Å². The molecule has 0 amide bonds. The Hall–Kier alpha value is -2.47. The normalized spacial score (nSPS) is 10.7. The molecule has 3 nitrogen and oxygen atoms in total. The molecule has 0 saturated heterocycles. The molecule has 3 aromatic rings. The van der Waals surface area contributed by atoms with Crippen LogP contribution in [0.25, 0.3) is 21.8 Å². The molecular formula is C18H15F2NO2S. The second-order valence-corrected chi connectivity index (χ2v) is 5.82. The highest BCUT2D eigenvalue weighted by Crippen LogP contribution is 2.35. The zero-order valence-corrected chi connectivity index (χ0v) is 14.0. The van der Waals surface area contributed by atoms with Crippen molar-refractivity contribution in [3.63, 3.8) is 0 Å². The van der Waals surface area contributed by atoms with E-state index in [1.165, 1.54) is 17.4 Å². The zero-order chi connectivity index (χ0) is 17.1. The van der Waals surface area contributed by atoms with Gasteiger partial charge in [-0.25, -0.2) is 13.8 Å². The van der Waals surface area contributed by atoms with Gasteiger partial charge >= 0.3 is 0 Å².